The Morgan fingerprint density at radius 3 is 2.24 bits per heavy atom. The Bertz CT molecular complexity index is 859. The molecule has 0 bridgehead atoms. The second-order valence-electron chi connectivity index (χ2n) is 5.76. The van der Waals surface area contributed by atoms with Gasteiger partial charge in [0.2, 0.25) is 0 Å². The number of aryl methyl sites for hydroxylation is 2. The van der Waals surface area contributed by atoms with Gasteiger partial charge < -0.3 is 10.3 Å². The largest absolute Gasteiger partial charge is 0.356 e. The van der Waals surface area contributed by atoms with Crippen molar-refractivity contribution in [3.8, 4) is 0 Å². The van der Waals surface area contributed by atoms with Crippen LogP contribution in [0.2, 0.25) is 0 Å². The quantitative estimate of drug-likeness (QED) is 0.704. The van der Waals surface area contributed by atoms with Gasteiger partial charge in [0, 0.05) is 17.5 Å². The zero-order valence-corrected chi connectivity index (χ0v) is 13.7. The van der Waals surface area contributed by atoms with Crippen molar-refractivity contribution < 1.29 is 13.2 Å². The third-order valence-electron chi connectivity index (χ3n) is 3.83. The Hall–Kier alpha value is -2.83. The molecule has 130 valence electrons. The third kappa shape index (κ3) is 3.81. The van der Waals surface area contributed by atoms with Crippen LogP contribution in [0.15, 0.2) is 42.6 Å². The number of nitrogens with zero attached hydrogens (tertiary/aromatic N) is 2. The zero-order chi connectivity index (χ0) is 18.0. The van der Waals surface area contributed by atoms with Crippen LogP contribution >= 0.6 is 0 Å². The fraction of sp³-hybridized carbons (Fsp3) is 0.222. The SMILES string of the molecule is Cc1cnc([C@H](Nc2ccc(F)c(C)n2)c2ccc(C(F)F)cc2)[nH]1. The number of H-pyrrole nitrogens is 1. The Kier molecular flexibility index (Phi) is 4.74. The van der Waals surface area contributed by atoms with E-state index in [1.165, 1.54) is 24.3 Å². The van der Waals surface area contributed by atoms with Crippen molar-refractivity contribution in [1.29, 1.82) is 0 Å². The summed E-state index contributed by atoms with van der Waals surface area (Å²) in [6, 6.07) is 8.42. The number of hydrogen-bond donors (Lipinski definition) is 2. The molecule has 2 N–H and O–H groups in total. The molecule has 1 atom stereocenters. The van der Waals surface area contributed by atoms with E-state index in [9.17, 15) is 13.2 Å². The van der Waals surface area contributed by atoms with E-state index in [1.807, 2.05) is 6.92 Å². The molecule has 0 fully saturated rings. The summed E-state index contributed by atoms with van der Waals surface area (Å²) in [6.07, 6.45) is -0.839. The molecule has 3 aromatic rings. The molecule has 0 radical (unpaired) electrons. The molecular formula is C18H17F3N4. The highest BCUT2D eigenvalue weighted by Gasteiger charge is 2.19. The number of hydrogen-bond acceptors (Lipinski definition) is 3. The number of pyridine rings is 1. The predicted octanol–water partition coefficient (Wildman–Crippen LogP) is 4.70. The van der Waals surface area contributed by atoms with Gasteiger partial charge in [-0.3, -0.25) is 0 Å². The van der Waals surface area contributed by atoms with Gasteiger partial charge in [0.25, 0.3) is 6.43 Å². The summed E-state index contributed by atoms with van der Waals surface area (Å²) >= 11 is 0. The van der Waals surface area contributed by atoms with Crippen molar-refractivity contribution in [3.05, 3.63) is 76.8 Å². The lowest BCUT2D eigenvalue weighted by molar-refractivity contribution is 0.151. The molecule has 2 heterocycles. The molecular weight excluding hydrogens is 329 g/mol. The minimum atomic E-state index is -2.52. The first-order valence-corrected chi connectivity index (χ1v) is 7.73. The van der Waals surface area contributed by atoms with Gasteiger partial charge in [-0.05, 0) is 31.5 Å². The molecule has 7 heteroatoms. The van der Waals surface area contributed by atoms with Crippen molar-refractivity contribution in [3.63, 3.8) is 0 Å². The fourth-order valence-corrected chi connectivity index (χ4v) is 2.50. The van der Waals surface area contributed by atoms with E-state index in [-0.39, 0.29) is 11.3 Å². The average molecular weight is 346 g/mol. The lowest BCUT2D eigenvalue weighted by Gasteiger charge is -2.19. The minimum Gasteiger partial charge on any atom is -0.356 e. The van der Waals surface area contributed by atoms with Gasteiger partial charge in [-0.25, -0.2) is 23.1 Å². The van der Waals surface area contributed by atoms with Gasteiger partial charge in [0.15, 0.2) is 0 Å². The molecule has 0 aliphatic heterocycles. The summed E-state index contributed by atoms with van der Waals surface area (Å²) in [4.78, 5) is 11.6. The number of benzene rings is 1. The van der Waals surface area contributed by atoms with Gasteiger partial charge in [0.1, 0.15) is 23.5 Å². The maximum Gasteiger partial charge on any atom is 0.263 e. The highest BCUT2D eigenvalue weighted by Crippen LogP contribution is 2.27. The molecule has 0 aliphatic rings. The minimum absolute atomic E-state index is 0.0473. The Morgan fingerprint density at radius 1 is 1.00 bits per heavy atom. The van der Waals surface area contributed by atoms with Crippen molar-refractivity contribution in [2.45, 2.75) is 26.3 Å². The van der Waals surface area contributed by atoms with E-state index in [2.05, 4.69) is 20.3 Å². The molecule has 4 nitrogen and oxygen atoms in total. The molecule has 25 heavy (non-hydrogen) atoms. The summed E-state index contributed by atoms with van der Waals surface area (Å²) in [7, 11) is 0. The molecule has 0 amide bonds. The number of rotatable bonds is 5. The number of nitrogens with one attached hydrogen (secondary N) is 2. The van der Waals surface area contributed by atoms with E-state index < -0.39 is 18.3 Å². The molecule has 0 spiro atoms. The number of halogens is 3. The van der Waals surface area contributed by atoms with Crippen LogP contribution in [0.1, 0.15) is 40.8 Å². The second kappa shape index (κ2) is 6.96. The van der Waals surface area contributed by atoms with Crippen molar-refractivity contribution in [1.82, 2.24) is 15.0 Å². The van der Waals surface area contributed by atoms with Crippen molar-refractivity contribution in [2.75, 3.05) is 5.32 Å². The summed E-state index contributed by atoms with van der Waals surface area (Å²) in [6.45, 7) is 3.44. The van der Waals surface area contributed by atoms with Gasteiger partial charge in [-0.15, -0.1) is 0 Å². The van der Waals surface area contributed by atoms with E-state index in [0.717, 1.165) is 11.3 Å². The van der Waals surface area contributed by atoms with Crippen LogP contribution < -0.4 is 5.32 Å². The lowest BCUT2D eigenvalue weighted by atomic mass is 10.0. The maximum atomic E-state index is 13.4. The highest BCUT2D eigenvalue weighted by atomic mass is 19.3. The van der Waals surface area contributed by atoms with E-state index in [1.54, 1.807) is 25.3 Å². The van der Waals surface area contributed by atoms with Crippen molar-refractivity contribution in [2.24, 2.45) is 0 Å². The zero-order valence-electron chi connectivity index (χ0n) is 13.7. The predicted molar refractivity (Wildman–Crippen MR) is 89.1 cm³/mol. The first-order chi connectivity index (χ1) is 11.9. The molecule has 0 aliphatic carbocycles. The van der Waals surface area contributed by atoms with Gasteiger partial charge in [-0.1, -0.05) is 24.3 Å². The van der Waals surface area contributed by atoms with Crippen LogP contribution in [0.25, 0.3) is 0 Å². The van der Waals surface area contributed by atoms with Gasteiger partial charge >= 0.3 is 0 Å². The maximum absolute atomic E-state index is 13.4. The van der Waals surface area contributed by atoms with E-state index in [0.29, 0.717) is 11.6 Å². The second-order valence-corrected chi connectivity index (χ2v) is 5.76. The number of aromatic nitrogens is 3. The van der Waals surface area contributed by atoms with Crippen LogP contribution in [0, 0.1) is 19.7 Å². The Balaban J connectivity index is 1.96. The number of alkyl halides is 2. The van der Waals surface area contributed by atoms with E-state index in [4.69, 9.17) is 0 Å². The fourth-order valence-electron chi connectivity index (χ4n) is 2.50. The molecule has 2 aromatic heterocycles. The van der Waals surface area contributed by atoms with Crippen LogP contribution in [0.3, 0.4) is 0 Å². The number of anilines is 1. The summed E-state index contributed by atoms with van der Waals surface area (Å²) in [5, 5.41) is 3.18. The van der Waals surface area contributed by atoms with Crippen LogP contribution in [0.5, 0.6) is 0 Å². The Morgan fingerprint density at radius 2 is 1.68 bits per heavy atom. The monoisotopic (exact) mass is 346 g/mol. The number of imidazole rings is 1. The van der Waals surface area contributed by atoms with Crippen LogP contribution in [-0.2, 0) is 0 Å². The highest BCUT2D eigenvalue weighted by molar-refractivity contribution is 5.43. The van der Waals surface area contributed by atoms with Gasteiger partial charge in [-0.2, -0.15) is 0 Å². The lowest BCUT2D eigenvalue weighted by Crippen LogP contribution is -2.15. The standard InChI is InChI=1S/C18H17F3N4/c1-10-9-22-18(23-10)16(12-3-5-13(6-4-12)17(20)21)25-15-8-7-14(19)11(2)24-15/h3-9,16-17H,1-2H3,(H,22,23)(H,24,25)/t16-/m1/s1. The first kappa shape index (κ1) is 17.0. The topological polar surface area (TPSA) is 53.6 Å². The molecule has 0 saturated carbocycles. The van der Waals surface area contributed by atoms with E-state index >= 15 is 0 Å². The Labute approximate surface area is 143 Å². The number of aromatic amines is 1. The summed E-state index contributed by atoms with van der Waals surface area (Å²) < 4.78 is 39.0. The average Bonchev–Trinajstić information content (AvgIpc) is 3.02. The molecule has 3 rings (SSSR count). The normalized spacial score (nSPS) is 12.4. The molecule has 1 aromatic carbocycles. The summed E-state index contributed by atoms with van der Waals surface area (Å²) in [5.74, 6) is 0.694. The summed E-state index contributed by atoms with van der Waals surface area (Å²) in [5.41, 5.74) is 1.83. The van der Waals surface area contributed by atoms with Crippen LogP contribution in [0.4, 0.5) is 19.0 Å². The first-order valence-electron chi connectivity index (χ1n) is 7.73. The third-order valence-corrected chi connectivity index (χ3v) is 3.83. The smallest absolute Gasteiger partial charge is 0.263 e. The van der Waals surface area contributed by atoms with Crippen LogP contribution in [-0.4, -0.2) is 15.0 Å². The van der Waals surface area contributed by atoms with Gasteiger partial charge in [0.05, 0.1) is 5.69 Å². The molecule has 0 saturated heterocycles. The molecule has 0 unspecified atom stereocenters. The van der Waals surface area contributed by atoms with Crippen molar-refractivity contribution >= 4 is 5.82 Å².